The van der Waals surface area contributed by atoms with E-state index in [1.54, 1.807) is 24.3 Å². The highest BCUT2D eigenvalue weighted by Crippen LogP contribution is 2.20. The van der Waals surface area contributed by atoms with Crippen molar-refractivity contribution in [1.29, 1.82) is 0 Å². The van der Waals surface area contributed by atoms with Gasteiger partial charge in [0.15, 0.2) is 0 Å². The van der Waals surface area contributed by atoms with Gasteiger partial charge in [-0.1, -0.05) is 58.4 Å². The lowest BCUT2D eigenvalue weighted by Gasteiger charge is -2.29. The molecule has 7 heteroatoms. The molecule has 0 aliphatic heterocycles. The summed E-state index contributed by atoms with van der Waals surface area (Å²) in [5.41, 5.74) is 0.952. The summed E-state index contributed by atoms with van der Waals surface area (Å²) in [5, 5.41) is 16.3. The lowest BCUT2D eigenvalue weighted by molar-refractivity contribution is 0.139. The second-order valence-electron chi connectivity index (χ2n) is 8.52. The maximum atomic E-state index is 12.7. The summed E-state index contributed by atoms with van der Waals surface area (Å²) in [6, 6.07) is 21.2. The molecule has 2 N–H and O–H groups in total. The molecule has 5 nitrogen and oxygen atoms in total. The number of fused-ring (bicyclic) bond motifs is 1. The number of nitrogens with zero attached hydrogens (tertiary/aromatic N) is 1. The van der Waals surface area contributed by atoms with Crippen LogP contribution >= 0.6 is 15.9 Å². The van der Waals surface area contributed by atoms with Crippen molar-refractivity contribution in [3.05, 3.63) is 76.8 Å². The van der Waals surface area contributed by atoms with E-state index in [-0.39, 0.29) is 17.0 Å². The smallest absolute Gasteiger partial charge is 0.242 e. The fraction of sp³-hybridized carbons (Fsp3) is 0.333. The molecule has 3 aromatic rings. The van der Waals surface area contributed by atoms with Crippen LogP contribution in [-0.2, 0) is 16.4 Å². The molecular formula is C24H29BrN2O3S. The third-order valence-electron chi connectivity index (χ3n) is 5.27. The van der Waals surface area contributed by atoms with E-state index < -0.39 is 16.1 Å². The van der Waals surface area contributed by atoms with E-state index in [0.717, 1.165) is 10.9 Å². The number of sulfonamides is 1. The molecule has 0 saturated carbocycles. The van der Waals surface area contributed by atoms with Crippen molar-refractivity contribution in [3.63, 3.8) is 0 Å². The molecule has 0 heterocycles. The van der Waals surface area contributed by atoms with Gasteiger partial charge in [0.05, 0.1) is 11.0 Å². The van der Waals surface area contributed by atoms with Crippen LogP contribution in [0.25, 0.3) is 10.8 Å². The van der Waals surface area contributed by atoms with E-state index >= 15 is 0 Å². The highest BCUT2D eigenvalue weighted by molar-refractivity contribution is 9.10. The molecule has 0 aliphatic rings. The van der Waals surface area contributed by atoms with Gasteiger partial charge in [-0.2, -0.15) is 4.31 Å². The van der Waals surface area contributed by atoms with Crippen LogP contribution in [0, 0.1) is 0 Å². The van der Waals surface area contributed by atoms with Crippen LogP contribution < -0.4 is 5.32 Å². The van der Waals surface area contributed by atoms with Crippen LogP contribution in [0.4, 0.5) is 0 Å². The van der Waals surface area contributed by atoms with E-state index in [4.69, 9.17) is 0 Å². The molecule has 0 aliphatic carbocycles. The highest BCUT2D eigenvalue weighted by atomic mass is 79.9. The predicted octanol–water partition coefficient (Wildman–Crippen LogP) is 4.19. The van der Waals surface area contributed by atoms with Gasteiger partial charge in [0.25, 0.3) is 0 Å². The highest BCUT2D eigenvalue weighted by Gasteiger charge is 2.25. The number of benzene rings is 3. The van der Waals surface area contributed by atoms with Gasteiger partial charge in [-0.25, -0.2) is 8.42 Å². The quantitative estimate of drug-likeness (QED) is 0.458. The molecule has 31 heavy (non-hydrogen) atoms. The summed E-state index contributed by atoms with van der Waals surface area (Å²) in [5.74, 6) is 0. The molecule has 0 radical (unpaired) electrons. The lowest BCUT2D eigenvalue weighted by atomic mass is 9.93. The minimum atomic E-state index is -3.65. The number of hydrogen-bond donors (Lipinski definition) is 2. The Balaban J connectivity index is 1.56. The van der Waals surface area contributed by atoms with Crippen LogP contribution in [0.2, 0.25) is 0 Å². The van der Waals surface area contributed by atoms with Gasteiger partial charge in [-0.15, -0.1) is 0 Å². The van der Waals surface area contributed by atoms with Gasteiger partial charge in [0.2, 0.25) is 10.0 Å². The van der Waals surface area contributed by atoms with Gasteiger partial charge in [-0.05, 0) is 60.9 Å². The first-order valence-corrected chi connectivity index (χ1v) is 12.4. The first kappa shape index (κ1) is 23.9. The Kier molecular flexibility index (Phi) is 7.55. The molecule has 0 saturated heterocycles. The lowest BCUT2D eigenvalue weighted by Crippen LogP contribution is -2.47. The summed E-state index contributed by atoms with van der Waals surface area (Å²) >= 11 is 3.31. The predicted molar refractivity (Wildman–Crippen MR) is 130 cm³/mol. The molecule has 0 spiro atoms. The van der Waals surface area contributed by atoms with Crippen molar-refractivity contribution in [1.82, 2.24) is 9.62 Å². The van der Waals surface area contributed by atoms with Crippen LogP contribution in [0.5, 0.6) is 0 Å². The number of nitrogens with one attached hydrogen (secondary N) is 1. The number of aliphatic hydroxyl groups is 1. The van der Waals surface area contributed by atoms with E-state index in [9.17, 15) is 13.5 Å². The summed E-state index contributed by atoms with van der Waals surface area (Å²) in [7, 11) is -2.16. The summed E-state index contributed by atoms with van der Waals surface area (Å²) in [6.07, 6.45) is -0.0384. The minimum absolute atomic E-state index is 0.0114. The Bertz CT molecular complexity index is 1130. The van der Waals surface area contributed by atoms with Crippen molar-refractivity contribution in [2.45, 2.75) is 36.8 Å². The SMILES string of the molecule is CN(CC(O)CNC(C)(C)Cc1ccc2ccccc2c1)S(=O)(=O)c1ccc(Br)cc1. The molecule has 0 bridgehead atoms. The zero-order valence-corrected chi connectivity index (χ0v) is 20.4. The number of hydrogen-bond acceptors (Lipinski definition) is 4. The minimum Gasteiger partial charge on any atom is -0.390 e. The molecule has 166 valence electrons. The Morgan fingerprint density at radius 2 is 1.68 bits per heavy atom. The topological polar surface area (TPSA) is 69.6 Å². The molecule has 3 rings (SSSR count). The number of likely N-dealkylation sites (N-methyl/N-ethyl adjacent to an activating group) is 1. The Morgan fingerprint density at radius 3 is 2.35 bits per heavy atom. The fourth-order valence-corrected chi connectivity index (χ4v) is 5.03. The normalized spacial score (nSPS) is 13.6. The van der Waals surface area contributed by atoms with E-state index in [1.165, 1.54) is 27.7 Å². The second kappa shape index (κ2) is 9.79. The maximum absolute atomic E-state index is 12.7. The summed E-state index contributed by atoms with van der Waals surface area (Å²) in [4.78, 5) is 0.204. The van der Waals surface area contributed by atoms with Crippen molar-refractivity contribution in [2.24, 2.45) is 0 Å². The second-order valence-corrected chi connectivity index (χ2v) is 11.5. The zero-order valence-electron chi connectivity index (χ0n) is 18.0. The maximum Gasteiger partial charge on any atom is 0.242 e. The van der Waals surface area contributed by atoms with E-state index in [1.807, 2.05) is 12.1 Å². The molecule has 0 amide bonds. The summed E-state index contributed by atoms with van der Waals surface area (Å²) in [6.45, 7) is 4.46. The number of rotatable bonds is 9. The van der Waals surface area contributed by atoms with Crippen LogP contribution in [-0.4, -0.2) is 49.6 Å². The third kappa shape index (κ3) is 6.37. The molecule has 3 aromatic carbocycles. The Labute approximate surface area is 193 Å². The number of β-amino-alcohol motifs (C(OH)–C–C–N with tert-alkyl or cyclic N) is 1. The van der Waals surface area contributed by atoms with Crippen molar-refractivity contribution >= 4 is 36.7 Å². The Hall–Kier alpha value is -1.77. The Morgan fingerprint density at radius 1 is 1.03 bits per heavy atom. The fourth-order valence-electron chi connectivity index (χ4n) is 3.56. The first-order valence-electron chi connectivity index (χ1n) is 10.2. The molecule has 0 fully saturated rings. The van der Waals surface area contributed by atoms with Gasteiger partial charge < -0.3 is 10.4 Å². The first-order chi connectivity index (χ1) is 14.6. The molecular weight excluding hydrogens is 476 g/mol. The van der Waals surface area contributed by atoms with Crippen molar-refractivity contribution in [3.8, 4) is 0 Å². The van der Waals surface area contributed by atoms with Crippen LogP contribution in [0.3, 0.4) is 0 Å². The average molecular weight is 505 g/mol. The van der Waals surface area contributed by atoms with E-state index in [2.05, 4.69) is 65.4 Å². The monoisotopic (exact) mass is 504 g/mol. The van der Waals surface area contributed by atoms with Crippen LogP contribution in [0.15, 0.2) is 76.1 Å². The zero-order chi connectivity index (χ0) is 22.6. The molecule has 1 atom stereocenters. The standard InChI is InChI=1S/C24H29BrN2O3S/c1-24(2,15-18-8-9-19-6-4-5-7-20(19)14-18)26-16-22(28)17-27(3)31(29,30)23-12-10-21(25)11-13-23/h4-14,22,26,28H,15-17H2,1-3H3. The number of aliphatic hydroxyl groups excluding tert-OH is 1. The van der Waals surface area contributed by atoms with Crippen molar-refractivity contribution < 1.29 is 13.5 Å². The summed E-state index contributed by atoms with van der Waals surface area (Å²) < 4.78 is 27.4. The number of halogens is 1. The molecule has 0 aromatic heterocycles. The van der Waals surface area contributed by atoms with E-state index in [0.29, 0.717) is 6.54 Å². The van der Waals surface area contributed by atoms with Gasteiger partial charge in [-0.3, -0.25) is 0 Å². The largest absolute Gasteiger partial charge is 0.390 e. The third-order valence-corrected chi connectivity index (χ3v) is 7.63. The van der Waals surface area contributed by atoms with Crippen molar-refractivity contribution in [2.75, 3.05) is 20.1 Å². The van der Waals surface area contributed by atoms with Crippen LogP contribution in [0.1, 0.15) is 19.4 Å². The van der Waals surface area contributed by atoms with Gasteiger partial charge in [0.1, 0.15) is 0 Å². The van der Waals surface area contributed by atoms with Gasteiger partial charge in [0, 0.05) is 30.1 Å². The average Bonchev–Trinajstić information content (AvgIpc) is 2.72. The van der Waals surface area contributed by atoms with Gasteiger partial charge >= 0.3 is 0 Å². The molecule has 1 unspecified atom stereocenters.